The van der Waals surface area contributed by atoms with Crippen LogP contribution < -0.4 is 5.32 Å². The molecule has 5 nitrogen and oxygen atoms in total. The Morgan fingerprint density at radius 3 is 2.39 bits per heavy atom. The van der Waals surface area contributed by atoms with Crippen molar-refractivity contribution in [2.24, 2.45) is 7.05 Å². The maximum absolute atomic E-state index is 13.8. The standard InChI is InChI=1S/C23H19FN4O.C2H6/c1-15-7-3-4-8-17(15)20-13-21(28(2)27-20)16-11-12-22(25-14-16)26-23(29)18-9-5-6-10-19(18)24;1-2/h3-14H,1-2H3,(H,25,26,29);1-2H3. The van der Waals surface area contributed by atoms with Crippen LogP contribution in [0.5, 0.6) is 0 Å². The third-order valence-corrected chi connectivity index (χ3v) is 4.72. The van der Waals surface area contributed by atoms with E-state index in [1.165, 1.54) is 18.2 Å². The fourth-order valence-corrected chi connectivity index (χ4v) is 3.18. The number of carbonyl (C=O) groups excluding carboxylic acids is 1. The molecule has 6 heteroatoms. The Kier molecular flexibility index (Phi) is 6.92. The number of benzene rings is 2. The van der Waals surface area contributed by atoms with Crippen molar-refractivity contribution >= 4 is 11.7 Å². The van der Waals surface area contributed by atoms with Gasteiger partial charge in [0, 0.05) is 24.4 Å². The third kappa shape index (κ3) is 4.86. The van der Waals surface area contributed by atoms with Gasteiger partial charge in [0.2, 0.25) is 0 Å². The fourth-order valence-electron chi connectivity index (χ4n) is 3.18. The molecule has 0 fully saturated rings. The highest BCUT2D eigenvalue weighted by Gasteiger charge is 2.13. The molecule has 0 aliphatic carbocycles. The molecule has 1 N–H and O–H groups in total. The lowest BCUT2D eigenvalue weighted by Crippen LogP contribution is -2.14. The maximum Gasteiger partial charge on any atom is 0.259 e. The summed E-state index contributed by atoms with van der Waals surface area (Å²) in [6, 6.07) is 19.5. The van der Waals surface area contributed by atoms with E-state index in [0.717, 1.165) is 28.1 Å². The molecule has 31 heavy (non-hydrogen) atoms. The average molecular weight is 417 g/mol. The fraction of sp³-hybridized carbons (Fsp3) is 0.160. The Labute approximate surface area is 181 Å². The zero-order chi connectivity index (χ0) is 22.4. The van der Waals surface area contributed by atoms with Gasteiger partial charge in [-0.3, -0.25) is 9.48 Å². The SMILES string of the molecule is CC.Cc1ccccc1-c1cc(-c2ccc(NC(=O)c3ccccc3F)nc2)n(C)n1. The molecular formula is C25H25FN4O. The summed E-state index contributed by atoms with van der Waals surface area (Å²) in [6.45, 7) is 6.05. The smallest absolute Gasteiger partial charge is 0.259 e. The molecule has 158 valence electrons. The van der Waals surface area contributed by atoms with Gasteiger partial charge in [0.1, 0.15) is 11.6 Å². The van der Waals surface area contributed by atoms with Crippen LogP contribution in [0.25, 0.3) is 22.5 Å². The van der Waals surface area contributed by atoms with Crippen LogP contribution >= 0.6 is 0 Å². The summed E-state index contributed by atoms with van der Waals surface area (Å²) in [4.78, 5) is 16.5. The van der Waals surface area contributed by atoms with Crippen LogP contribution in [0.4, 0.5) is 10.2 Å². The minimum Gasteiger partial charge on any atom is -0.306 e. The number of nitrogens with zero attached hydrogens (tertiary/aromatic N) is 3. The summed E-state index contributed by atoms with van der Waals surface area (Å²) in [5, 5.41) is 7.23. The number of aryl methyl sites for hydroxylation is 2. The number of carbonyl (C=O) groups is 1. The van der Waals surface area contributed by atoms with Crippen molar-refractivity contribution in [1.29, 1.82) is 0 Å². The number of amides is 1. The molecule has 0 saturated heterocycles. The number of pyridine rings is 1. The van der Waals surface area contributed by atoms with Crippen LogP contribution in [0.15, 0.2) is 72.9 Å². The summed E-state index contributed by atoms with van der Waals surface area (Å²) in [5.41, 5.74) is 4.87. The van der Waals surface area contributed by atoms with Gasteiger partial charge in [0.25, 0.3) is 5.91 Å². The van der Waals surface area contributed by atoms with Gasteiger partial charge in [-0.2, -0.15) is 5.10 Å². The number of halogens is 1. The summed E-state index contributed by atoms with van der Waals surface area (Å²) < 4.78 is 15.6. The van der Waals surface area contributed by atoms with E-state index in [1.54, 1.807) is 23.0 Å². The van der Waals surface area contributed by atoms with Crippen molar-refractivity contribution in [2.75, 3.05) is 5.32 Å². The molecule has 2 heterocycles. The molecule has 0 atom stereocenters. The second-order valence-corrected chi connectivity index (χ2v) is 6.72. The van der Waals surface area contributed by atoms with Gasteiger partial charge < -0.3 is 5.32 Å². The van der Waals surface area contributed by atoms with E-state index in [4.69, 9.17) is 0 Å². The van der Waals surface area contributed by atoms with E-state index >= 15 is 0 Å². The van der Waals surface area contributed by atoms with Crippen LogP contribution in [-0.2, 0) is 7.05 Å². The quantitative estimate of drug-likeness (QED) is 0.452. The van der Waals surface area contributed by atoms with E-state index in [9.17, 15) is 9.18 Å². The average Bonchev–Trinajstić information content (AvgIpc) is 3.17. The zero-order valence-electron chi connectivity index (χ0n) is 18.1. The van der Waals surface area contributed by atoms with Gasteiger partial charge >= 0.3 is 0 Å². The number of rotatable bonds is 4. The van der Waals surface area contributed by atoms with Gasteiger partial charge in [0.05, 0.1) is 17.0 Å². The van der Waals surface area contributed by atoms with Crippen LogP contribution in [-0.4, -0.2) is 20.7 Å². The Morgan fingerprint density at radius 2 is 1.71 bits per heavy atom. The van der Waals surface area contributed by atoms with E-state index in [-0.39, 0.29) is 5.56 Å². The molecule has 2 aromatic heterocycles. The molecule has 0 saturated carbocycles. The van der Waals surface area contributed by atoms with Crippen molar-refractivity contribution in [3.8, 4) is 22.5 Å². The minimum atomic E-state index is -0.569. The number of nitrogens with one attached hydrogen (secondary N) is 1. The molecule has 0 spiro atoms. The predicted molar refractivity (Wildman–Crippen MR) is 122 cm³/mol. The van der Waals surface area contributed by atoms with Crippen LogP contribution in [0.1, 0.15) is 29.8 Å². The van der Waals surface area contributed by atoms with Crippen molar-refractivity contribution in [3.05, 3.63) is 89.9 Å². The second-order valence-electron chi connectivity index (χ2n) is 6.72. The number of hydrogen-bond acceptors (Lipinski definition) is 3. The number of aromatic nitrogens is 3. The van der Waals surface area contributed by atoms with Gasteiger partial charge in [-0.1, -0.05) is 50.2 Å². The third-order valence-electron chi connectivity index (χ3n) is 4.72. The van der Waals surface area contributed by atoms with Gasteiger partial charge in [-0.15, -0.1) is 0 Å². The molecule has 0 unspecified atom stereocenters. The van der Waals surface area contributed by atoms with Gasteiger partial charge in [-0.05, 0) is 42.8 Å². The molecule has 2 aromatic carbocycles. The monoisotopic (exact) mass is 416 g/mol. The molecular weight excluding hydrogens is 391 g/mol. The van der Waals surface area contributed by atoms with Crippen molar-refractivity contribution in [2.45, 2.75) is 20.8 Å². The molecule has 0 aliphatic rings. The van der Waals surface area contributed by atoms with Crippen molar-refractivity contribution in [1.82, 2.24) is 14.8 Å². The highest BCUT2D eigenvalue weighted by molar-refractivity contribution is 6.03. The lowest BCUT2D eigenvalue weighted by Gasteiger charge is -2.06. The van der Waals surface area contributed by atoms with Crippen LogP contribution in [0.2, 0.25) is 0 Å². The van der Waals surface area contributed by atoms with Crippen LogP contribution in [0, 0.1) is 12.7 Å². The first kappa shape index (κ1) is 21.9. The van der Waals surface area contributed by atoms with E-state index < -0.39 is 11.7 Å². The molecule has 4 rings (SSSR count). The Balaban J connectivity index is 0.00000132. The first-order valence-corrected chi connectivity index (χ1v) is 10.2. The van der Waals surface area contributed by atoms with E-state index in [1.807, 2.05) is 51.2 Å². The number of anilines is 1. The zero-order valence-corrected chi connectivity index (χ0v) is 18.1. The Bertz CT molecular complexity index is 1180. The Morgan fingerprint density at radius 1 is 1.00 bits per heavy atom. The topological polar surface area (TPSA) is 59.8 Å². The lowest BCUT2D eigenvalue weighted by molar-refractivity contribution is 0.102. The number of hydrogen-bond donors (Lipinski definition) is 1. The van der Waals surface area contributed by atoms with E-state index in [2.05, 4.69) is 28.4 Å². The van der Waals surface area contributed by atoms with Crippen LogP contribution in [0.3, 0.4) is 0 Å². The molecule has 4 aromatic rings. The molecule has 0 bridgehead atoms. The summed E-state index contributed by atoms with van der Waals surface area (Å²) in [5.74, 6) is -0.755. The van der Waals surface area contributed by atoms with Gasteiger partial charge in [0.15, 0.2) is 0 Å². The highest BCUT2D eigenvalue weighted by atomic mass is 19.1. The Hall–Kier alpha value is -3.80. The summed E-state index contributed by atoms with van der Waals surface area (Å²) in [7, 11) is 1.88. The highest BCUT2D eigenvalue weighted by Crippen LogP contribution is 2.27. The van der Waals surface area contributed by atoms with Crippen molar-refractivity contribution < 1.29 is 9.18 Å². The summed E-state index contributed by atoms with van der Waals surface area (Å²) in [6.07, 6.45) is 1.66. The molecule has 0 aliphatic heterocycles. The second kappa shape index (κ2) is 9.80. The predicted octanol–water partition coefficient (Wildman–Crippen LogP) is 5.88. The normalized spacial score (nSPS) is 10.2. The first-order chi connectivity index (χ1) is 15.0. The first-order valence-electron chi connectivity index (χ1n) is 10.2. The molecule has 1 amide bonds. The summed E-state index contributed by atoms with van der Waals surface area (Å²) >= 11 is 0. The lowest BCUT2D eigenvalue weighted by atomic mass is 10.1. The van der Waals surface area contributed by atoms with Gasteiger partial charge in [-0.25, -0.2) is 9.37 Å². The largest absolute Gasteiger partial charge is 0.306 e. The van der Waals surface area contributed by atoms with E-state index in [0.29, 0.717) is 5.82 Å². The van der Waals surface area contributed by atoms with Crippen molar-refractivity contribution in [3.63, 3.8) is 0 Å². The minimum absolute atomic E-state index is 0.0205. The molecule has 0 radical (unpaired) electrons. The maximum atomic E-state index is 13.8.